The molecule has 0 spiro atoms. The number of likely N-dealkylation sites (tertiary alicyclic amines) is 1. The highest BCUT2D eigenvalue weighted by Crippen LogP contribution is 2.50. The number of ether oxygens (including phenoxy) is 2. The number of benzene rings is 1. The van der Waals surface area contributed by atoms with Crippen molar-refractivity contribution in [1.82, 2.24) is 4.90 Å². The van der Waals surface area contributed by atoms with Crippen LogP contribution in [-0.4, -0.2) is 54.8 Å². The van der Waals surface area contributed by atoms with Crippen LogP contribution in [0.1, 0.15) is 57.9 Å². The van der Waals surface area contributed by atoms with E-state index in [0.29, 0.717) is 26.2 Å². The number of carbonyl (C=O) groups is 2. The summed E-state index contributed by atoms with van der Waals surface area (Å²) < 4.78 is 11.8. The predicted molar refractivity (Wildman–Crippen MR) is 131 cm³/mol. The van der Waals surface area contributed by atoms with E-state index < -0.39 is 0 Å². The molecule has 1 aromatic carbocycles. The van der Waals surface area contributed by atoms with Crippen LogP contribution in [0.3, 0.4) is 0 Å². The number of imide groups is 1. The molecule has 3 aliphatic rings. The molecule has 0 unspecified atom stereocenters. The molecule has 2 saturated heterocycles. The third-order valence-corrected chi connectivity index (χ3v) is 7.43. The highest BCUT2D eigenvalue weighted by molar-refractivity contribution is 6.05. The maximum atomic E-state index is 13.2. The van der Waals surface area contributed by atoms with Crippen LogP contribution in [0.2, 0.25) is 0 Å². The van der Waals surface area contributed by atoms with E-state index in [1.807, 2.05) is 19.1 Å². The van der Waals surface area contributed by atoms with Crippen LogP contribution in [0.4, 0.5) is 0 Å². The van der Waals surface area contributed by atoms with Crippen molar-refractivity contribution in [1.29, 1.82) is 0 Å². The quantitative estimate of drug-likeness (QED) is 0.398. The standard InChI is InChI=1S/C28H37NO5/c1-4-6-18(14-19-7-10-21(30)11-8-19)9-12-24-25-20(16-33-3)15-22-26(23(25)17-34-24)28(32)29(13-5-2)27(22)31/h7-8,10-11,14,22-24,26,30H,4-6,9,12-13,15-17H2,1-3H3/b18-14+/t22-,23+,24-,26-/m1/s1. The molecule has 0 aromatic heterocycles. The Morgan fingerprint density at radius 1 is 1.12 bits per heavy atom. The summed E-state index contributed by atoms with van der Waals surface area (Å²) in [5.41, 5.74) is 4.79. The van der Waals surface area contributed by atoms with E-state index in [4.69, 9.17) is 9.47 Å². The number of aromatic hydroxyl groups is 1. The van der Waals surface area contributed by atoms with Gasteiger partial charge in [0, 0.05) is 19.6 Å². The van der Waals surface area contributed by atoms with Crippen molar-refractivity contribution in [2.75, 3.05) is 26.9 Å². The van der Waals surface area contributed by atoms with Gasteiger partial charge in [0.1, 0.15) is 5.75 Å². The van der Waals surface area contributed by atoms with Gasteiger partial charge in [0.15, 0.2) is 0 Å². The molecule has 1 N–H and O–H groups in total. The van der Waals surface area contributed by atoms with Crippen LogP contribution in [0, 0.1) is 17.8 Å². The minimum Gasteiger partial charge on any atom is -0.508 e. The monoisotopic (exact) mass is 467 g/mol. The van der Waals surface area contributed by atoms with Crippen molar-refractivity contribution in [3.05, 3.63) is 46.5 Å². The lowest BCUT2D eigenvalue weighted by molar-refractivity contribution is -0.140. The summed E-state index contributed by atoms with van der Waals surface area (Å²) in [4.78, 5) is 27.7. The Kier molecular flexibility index (Phi) is 7.89. The minimum absolute atomic E-state index is 0.0148. The molecule has 2 fully saturated rings. The lowest BCUT2D eigenvalue weighted by Gasteiger charge is -2.31. The van der Waals surface area contributed by atoms with Crippen molar-refractivity contribution in [2.24, 2.45) is 17.8 Å². The third-order valence-electron chi connectivity index (χ3n) is 7.43. The first kappa shape index (κ1) is 24.7. The lowest BCUT2D eigenvalue weighted by atomic mass is 9.69. The molecule has 6 nitrogen and oxygen atoms in total. The maximum absolute atomic E-state index is 13.2. The zero-order valence-electron chi connectivity index (χ0n) is 20.6. The van der Waals surface area contributed by atoms with Gasteiger partial charge in [-0.25, -0.2) is 0 Å². The molecule has 0 radical (unpaired) electrons. The average molecular weight is 468 g/mol. The molecule has 2 aliphatic heterocycles. The van der Waals surface area contributed by atoms with Crippen molar-refractivity contribution < 1.29 is 24.2 Å². The maximum Gasteiger partial charge on any atom is 0.233 e. The molecule has 4 rings (SSSR count). The van der Waals surface area contributed by atoms with Crippen LogP contribution in [0.15, 0.2) is 41.0 Å². The van der Waals surface area contributed by atoms with Gasteiger partial charge in [0.25, 0.3) is 0 Å². The molecule has 2 amide bonds. The number of fused-ring (bicyclic) bond motifs is 3. The minimum atomic E-state index is -0.290. The molecule has 6 heteroatoms. The number of nitrogens with zero attached hydrogens (tertiary/aromatic N) is 1. The van der Waals surface area contributed by atoms with E-state index in [1.165, 1.54) is 16.0 Å². The Bertz CT molecular complexity index is 964. The second kappa shape index (κ2) is 10.9. The van der Waals surface area contributed by atoms with Crippen molar-refractivity contribution in [3.8, 4) is 5.75 Å². The van der Waals surface area contributed by atoms with Crippen LogP contribution in [0.25, 0.3) is 6.08 Å². The normalized spacial score (nSPS) is 26.9. The Hall–Kier alpha value is -2.44. The molecule has 4 atom stereocenters. The van der Waals surface area contributed by atoms with Gasteiger partial charge in [0.2, 0.25) is 11.8 Å². The number of phenols is 1. The molecule has 0 saturated carbocycles. The van der Waals surface area contributed by atoms with Gasteiger partial charge in [-0.3, -0.25) is 14.5 Å². The summed E-state index contributed by atoms with van der Waals surface area (Å²) in [6.45, 7) is 5.65. The summed E-state index contributed by atoms with van der Waals surface area (Å²) in [5.74, 6) is -0.352. The average Bonchev–Trinajstić information content (AvgIpc) is 3.35. The van der Waals surface area contributed by atoms with Gasteiger partial charge >= 0.3 is 0 Å². The molecular weight excluding hydrogens is 430 g/mol. The summed E-state index contributed by atoms with van der Waals surface area (Å²) >= 11 is 0. The van der Waals surface area contributed by atoms with Gasteiger partial charge < -0.3 is 14.6 Å². The first-order valence-corrected chi connectivity index (χ1v) is 12.6. The topological polar surface area (TPSA) is 76.1 Å². The van der Waals surface area contributed by atoms with Gasteiger partial charge in [-0.1, -0.05) is 44.1 Å². The Morgan fingerprint density at radius 2 is 1.88 bits per heavy atom. The SMILES string of the molecule is CCC/C(=C\c1ccc(O)cc1)CC[C@H]1OC[C@H]2C1=C(COC)C[C@H]1C(=O)N(CCC)C(=O)[C@H]12. The molecule has 1 aromatic rings. The van der Waals surface area contributed by atoms with Crippen molar-refractivity contribution in [2.45, 2.75) is 58.5 Å². The van der Waals surface area contributed by atoms with Crippen LogP contribution in [-0.2, 0) is 19.1 Å². The van der Waals surface area contributed by atoms with E-state index in [9.17, 15) is 14.7 Å². The Morgan fingerprint density at radius 3 is 2.56 bits per heavy atom. The molecule has 2 heterocycles. The van der Waals surface area contributed by atoms with Crippen LogP contribution < -0.4 is 0 Å². The number of hydrogen-bond donors (Lipinski definition) is 1. The molecule has 184 valence electrons. The predicted octanol–water partition coefficient (Wildman–Crippen LogP) is 4.73. The van der Waals surface area contributed by atoms with E-state index >= 15 is 0 Å². The fourth-order valence-corrected chi connectivity index (χ4v) is 6.00. The second-order valence-electron chi connectivity index (χ2n) is 9.77. The summed E-state index contributed by atoms with van der Waals surface area (Å²) in [6, 6.07) is 7.28. The van der Waals surface area contributed by atoms with Crippen LogP contribution >= 0.6 is 0 Å². The molecule has 1 aliphatic carbocycles. The highest BCUT2D eigenvalue weighted by atomic mass is 16.5. The lowest BCUT2D eigenvalue weighted by Crippen LogP contribution is -2.35. The highest BCUT2D eigenvalue weighted by Gasteiger charge is 2.56. The summed E-state index contributed by atoms with van der Waals surface area (Å²) in [7, 11) is 1.68. The zero-order chi connectivity index (χ0) is 24.2. The molecule has 34 heavy (non-hydrogen) atoms. The van der Waals surface area contributed by atoms with Gasteiger partial charge in [-0.15, -0.1) is 0 Å². The van der Waals surface area contributed by atoms with Gasteiger partial charge in [0.05, 0.1) is 31.2 Å². The Balaban J connectivity index is 1.54. The third kappa shape index (κ3) is 4.84. The number of amides is 2. The van der Waals surface area contributed by atoms with Gasteiger partial charge in [-0.2, -0.15) is 0 Å². The number of methoxy groups -OCH3 is 1. The van der Waals surface area contributed by atoms with Crippen molar-refractivity contribution >= 4 is 17.9 Å². The number of phenolic OH excluding ortho intramolecular Hbond substituents is 1. The van der Waals surface area contributed by atoms with Crippen LogP contribution in [0.5, 0.6) is 5.75 Å². The second-order valence-corrected chi connectivity index (χ2v) is 9.77. The first-order chi connectivity index (χ1) is 16.5. The van der Waals surface area contributed by atoms with E-state index in [0.717, 1.165) is 43.2 Å². The fraction of sp³-hybridized carbons (Fsp3) is 0.571. The molecular formula is C28H37NO5. The first-order valence-electron chi connectivity index (χ1n) is 12.6. The Labute approximate surface area is 202 Å². The number of hydrogen-bond acceptors (Lipinski definition) is 5. The molecule has 0 bridgehead atoms. The zero-order valence-corrected chi connectivity index (χ0v) is 20.6. The smallest absolute Gasteiger partial charge is 0.233 e. The number of carbonyl (C=O) groups excluding carboxylic acids is 2. The number of rotatable bonds is 10. The van der Waals surface area contributed by atoms with Crippen molar-refractivity contribution in [3.63, 3.8) is 0 Å². The summed E-state index contributed by atoms with van der Waals surface area (Å²) in [5, 5.41) is 9.57. The summed E-state index contributed by atoms with van der Waals surface area (Å²) in [6.07, 6.45) is 7.35. The largest absolute Gasteiger partial charge is 0.508 e. The van der Waals surface area contributed by atoms with E-state index in [-0.39, 0.29) is 41.4 Å². The van der Waals surface area contributed by atoms with E-state index in [1.54, 1.807) is 19.2 Å². The van der Waals surface area contributed by atoms with Gasteiger partial charge in [-0.05, 0) is 60.9 Å². The number of allylic oxidation sites excluding steroid dienone is 1. The van der Waals surface area contributed by atoms with E-state index in [2.05, 4.69) is 13.0 Å². The fourth-order valence-electron chi connectivity index (χ4n) is 6.00.